The van der Waals surface area contributed by atoms with Crippen LogP contribution in [-0.2, 0) is 14.4 Å². The lowest BCUT2D eigenvalue weighted by atomic mass is 10.1. The van der Waals surface area contributed by atoms with Crippen LogP contribution in [0.5, 0.6) is 0 Å². The van der Waals surface area contributed by atoms with Crippen LogP contribution in [0.2, 0.25) is 0 Å². The van der Waals surface area contributed by atoms with E-state index in [1.54, 1.807) is 20.9 Å². The molecule has 0 rings (SSSR count). The Hall–Kier alpha value is -0.610. The largest absolute Gasteiger partial charge is 0.468 e. The molecular formula is C7H15NO3. The van der Waals surface area contributed by atoms with E-state index in [1.807, 2.05) is 0 Å². The maximum absolute atomic E-state index is 11.1. The first-order valence-corrected chi connectivity index (χ1v) is 3.33. The molecule has 4 heteroatoms. The summed E-state index contributed by atoms with van der Waals surface area (Å²) < 4.78 is 4.58. The van der Waals surface area contributed by atoms with E-state index < -0.39 is 5.54 Å². The summed E-state index contributed by atoms with van der Waals surface area (Å²) in [4.78, 5) is 16.0. The average molecular weight is 161 g/mol. The summed E-state index contributed by atoms with van der Waals surface area (Å²) in [6.45, 7) is 3.45. The fourth-order valence-electron chi connectivity index (χ4n) is 0.607. The van der Waals surface area contributed by atoms with Crippen LogP contribution in [0.3, 0.4) is 0 Å². The second-order valence-corrected chi connectivity index (χ2v) is 2.73. The minimum absolute atomic E-state index is 0.318. The number of carbonyl (C=O) groups is 1. The molecule has 0 aromatic heterocycles. The summed E-state index contributed by atoms with van der Waals surface area (Å²) in [5.41, 5.74) is -0.733. The maximum Gasteiger partial charge on any atom is 0.328 e. The van der Waals surface area contributed by atoms with Gasteiger partial charge in [0.15, 0.2) is 0 Å². The molecule has 0 saturated carbocycles. The molecule has 0 aromatic carbocycles. The Labute approximate surface area is 67.0 Å². The Morgan fingerprint density at radius 3 is 2.09 bits per heavy atom. The highest BCUT2D eigenvalue weighted by Crippen LogP contribution is 2.13. The normalized spacial score (nSPS) is 11.8. The third-order valence-electron chi connectivity index (χ3n) is 1.75. The lowest BCUT2D eigenvalue weighted by Crippen LogP contribution is -2.47. The zero-order valence-corrected chi connectivity index (χ0v) is 7.67. The lowest BCUT2D eigenvalue weighted by Gasteiger charge is -2.30. The van der Waals surface area contributed by atoms with Gasteiger partial charge in [-0.25, -0.2) is 4.79 Å². The molecule has 66 valence electrons. The molecule has 11 heavy (non-hydrogen) atoms. The molecule has 0 aliphatic rings. The second-order valence-electron chi connectivity index (χ2n) is 2.73. The van der Waals surface area contributed by atoms with Gasteiger partial charge in [0.1, 0.15) is 5.54 Å². The highest BCUT2D eigenvalue weighted by molar-refractivity contribution is 5.79. The predicted molar refractivity (Wildman–Crippen MR) is 40.9 cm³/mol. The summed E-state index contributed by atoms with van der Waals surface area (Å²) in [6, 6.07) is 0. The van der Waals surface area contributed by atoms with Crippen LogP contribution in [0.4, 0.5) is 0 Å². The average Bonchev–Trinajstić information content (AvgIpc) is 2.01. The van der Waals surface area contributed by atoms with Gasteiger partial charge in [0, 0.05) is 7.05 Å². The van der Waals surface area contributed by atoms with Crippen molar-refractivity contribution in [2.45, 2.75) is 19.4 Å². The highest BCUT2D eigenvalue weighted by atomic mass is 16.7. The standard InChI is InChI=1S/C7H15NO3/c1-7(2,6(9)10-4)8(3)11-5/h1-5H3. The van der Waals surface area contributed by atoms with Gasteiger partial charge in [-0.2, -0.15) is 5.06 Å². The molecule has 0 unspecified atom stereocenters. The molecule has 0 radical (unpaired) electrons. The number of likely N-dealkylation sites (N-methyl/N-ethyl adjacent to an activating group) is 1. The molecule has 0 aliphatic carbocycles. The van der Waals surface area contributed by atoms with Crippen LogP contribution in [0.25, 0.3) is 0 Å². The van der Waals surface area contributed by atoms with Crippen molar-refractivity contribution < 1.29 is 14.4 Å². The van der Waals surface area contributed by atoms with E-state index in [1.165, 1.54) is 19.3 Å². The number of ether oxygens (including phenoxy) is 1. The van der Waals surface area contributed by atoms with Crippen molar-refractivity contribution in [3.8, 4) is 0 Å². The monoisotopic (exact) mass is 161 g/mol. The van der Waals surface area contributed by atoms with Gasteiger partial charge >= 0.3 is 5.97 Å². The smallest absolute Gasteiger partial charge is 0.328 e. The number of rotatable bonds is 3. The summed E-state index contributed by atoms with van der Waals surface area (Å²) in [5.74, 6) is -0.318. The summed E-state index contributed by atoms with van der Waals surface area (Å²) >= 11 is 0. The molecule has 0 fully saturated rings. The highest BCUT2D eigenvalue weighted by Gasteiger charge is 2.33. The van der Waals surface area contributed by atoms with Gasteiger partial charge in [-0.1, -0.05) is 0 Å². The summed E-state index contributed by atoms with van der Waals surface area (Å²) in [7, 11) is 4.54. The second kappa shape index (κ2) is 3.69. The van der Waals surface area contributed by atoms with Gasteiger partial charge in [0.2, 0.25) is 0 Å². The fraction of sp³-hybridized carbons (Fsp3) is 0.857. The first-order valence-electron chi connectivity index (χ1n) is 3.33. The molecule has 0 aliphatic heterocycles. The number of hydrogen-bond donors (Lipinski definition) is 0. The third kappa shape index (κ3) is 2.17. The molecule has 0 bridgehead atoms. The van der Waals surface area contributed by atoms with E-state index in [4.69, 9.17) is 4.84 Å². The Balaban J connectivity index is 4.31. The topological polar surface area (TPSA) is 38.8 Å². The zero-order chi connectivity index (χ0) is 9.07. The van der Waals surface area contributed by atoms with E-state index in [-0.39, 0.29) is 5.97 Å². The van der Waals surface area contributed by atoms with E-state index >= 15 is 0 Å². The van der Waals surface area contributed by atoms with Crippen LogP contribution < -0.4 is 0 Å². The van der Waals surface area contributed by atoms with Crippen molar-refractivity contribution in [1.29, 1.82) is 0 Å². The molecule has 0 N–H and O–H groups in total. The molecule has 0 spiro atoms. The SMILES string of the molecule is COC(=O)C(C)(C)N(C)OC. The molecule has 0 heterocycles. The van der Waals surface area contributed by atoms with Crippen LogP contribution in [-0.4, -0.2) is 37.8 Å². The van der Waals surface area contributed by atoms with Gasteiger partial charge in [-0.3, -0.25) is 0 Å². The molecule has 0 aromatic rings. The van der Waals surface area contributed by atoms with Crippen molar-refractivity contribution in [3.63, 3.8) is 0 Å². The van der Waals surface area contributed by atoms with Crippen molar-refractivity contribution >= 4 is 5.97 Å². The fourth-order valence-corrected chi connectivity index (χ4v) is 0.607. The number of hydrogen-bond acceptors (Lipinski definition) is 4. The molecular weight excluding hydrogens is 146 g/mol. The van der Waals surface area contributed by atoms with Crippen LogP contribution in [0, 0.1) is 0 Å². The van der Waals surface area contributed by atoms with Crippen molar-refractivity contribution in [2.24, 2.45) is 0 Å². The zero-order valence-electron chi connectivity index (χ0n) is 7.67. The van der Waals surface area contributed by atoms with Gasteiger partial charge < -0.3 is 9.57 Å². The van der Waals surface area contributed by atoms with E-state index in [0.717, 1.165) is 0 Å². The molecule has 0 amide bonds. The minimum Gasteiger partial charge on any atom is -0.468 e. The number of carbonyl (C=O) groups excluding carboxylic acids is 1. The summed E-state index contributed by atoms with van der Waals surface area (Å²) in [5, 5.41) is 1.44. The molecule has 0 saturated heterocycles. The van der Waals surface area contributed by atoms with Crippen molar-refractivity contribution in [2.75, 3.05) is 21.3 Å². The molecule has 4 nitrogen and oxygen atoms in total. The predicted octanol–water partition coefficient (Wildman–Crippen LogP) is 0.431. The van der Waals surface area contributed by atoms with Gasteiger partial charge in [0.05, 0.1) is 14.2 Å². The lowest BCUT2D eigenvalue weighted by molar-refractivity contribution is -0.197. The Bertz CT molecular complexity index is 145. The van der Waals surface area contributed by atoms with Crippen molar-refractivity contribution in [1.82, 2.24) is 5.06 Å². The van der Waals surface area contributed by atoms with E-state index in [9.17, 15) is 4.79 Å². The number of nitrogens with zero attached hydrogens (tertiary/aromatic N) is 1. The molecule has 0 atom stereocenters. The van der Waals surface area contributed by atoms with Crippen molar-refractivity contribution in [3.05, 3.63) is 0 Å². The van der Waals surface area contributed by atoms with E-state index in [2.05, 4.69) is 4.74 Å². The van der Waals surface area contributed by atoms with Gasteiger partial charge in [-0.15, -0.1) is 0 Å². The summed E-state index contributed by atoms with van der Waals surface area (Å²) in [6.07, 6.45) is 0. The maximum atomic E-state index is 11.1. The van der Waals surface area contributed by atoms with Crippen LogP contribution in [0.1, 0.15) is 13.8 Å². The third-order valence-corrected chi connectivity index (χ3v) is 1.75. The van der Waals surface area contributed by atoms with Crippen LogP contribution in [0.15, 0.2) is 0 Å². The number of hydroxylamine groups is 2. The van der Waals surface area contributed by atoms with Gasteiger partial charge in [-0.05, 0) is 13.8 Å². The quantitative estimate of drug-likeness (QED) is 0.444. The minimum atomic E-state index is -0.733. The van der Waals surface area contributed by atoms with E-state index in [0.29, 0.717) is 0 Å². The van der Waals surface area contributed by atoms with Crippen LogP contribution >= 0.6 is 0 Å². The number of methoxy groups -OCH3 is 1. The Morgan fingerprint density at radius 1 is 1.36 bits per heavy atom. The number of esters is 1. The first-order chi connectivity index (χ1) is 4.96. The van der Waals surface area contributed by atoms with Gasteiger partial charge in [0.25, 0.3) is 0 Å². The Kier molecular flexibility index (Phi) is 3.48. The Morgan fingerprint density at radius 2 is 1.82 bits per heavy atom. The first kappa shape index (κ1) is 10.4.